The van der Waals surface area contributed by atoms with Crippen molar-refractivity contribution in [2.75, 3.05) is 5.32 Å². The van der Waals surface area contributed by atoms with E-state index in [1.165, 1.54) is 12.1 Å². The minimum absolute atomic E-state index is 0.302. The maximum atomic E-state index is 11.6. The van der Waals surface area contributed by atoms with E-state index in [0.29, 0.717) is 15.7 Å². The van der Waals surface area contributed by atoms with E-state index in [1.54, 1.807) is 6.07 Å². The summed E-state index contributed by atoms with van der Waals surface area (Å²) in [6, 6.07) is 4.57. The molecule has 1 aromatic carbocycles. The standard InChI is InChI=1S/C13H13Cl2N3O2/c14-10-6-5-9(7-11(10)15)16-12(19)13(20)18-17-8-3-1-2-4-8/h5-7H,1-4H2,(H,16,19)(H,18,20). The average molecular weight is 314 g/mol. The van der Waals surface area contributed by atoms with Crippen LogP contribution in [0.5, 0.6) is 0 Å². The molecule has 1 saturated carbocycles. The molecule has 0 aromatic heterocycles. The van der Waals surface area contributed by atoms with E-state index in [9.17, 15) is 9.59 Å². The second-order valence-corrected chi connectivity index (χ2v) is 5.22. The Bertz CT molecular complexity index is 565. The van der Waals surface area contributed by atoms with E-state index < -0.39 is 11.8 Å². The number of nitrogens with zero attached hydrogens (tertiary/aromatic N) is 1. The molecule has 0 bridgehead atoms. The minimum atomic E-state index is -0.810. The zero-order valence-electron chi connectivity index (χ0n) is 10.6. The number of hydrogen-bond donors (Lipinski definition) is 2. The minimum Gasteiger partial charge on any atom is -0.318 e. The fourth-order valence-electron chi connectivity index (χ4n) is 1.84. The highest BCUT2D eigenvalue weighted by Crippen LogP contribution is 2.24. The summed E-state index contributed by atoms with van der Waals surface area (Å²) in [7, 11) is 0. The van der Waals surface area contributed by atoms with E-state index in [1.807, 2.05) is 0 Å². The van der Waals surface area contributed by atoms with Gasteiger partial charge in [0, 0.05) is 11.4 Å². The van der Waals surface area contributed by atoms with Gasteiger partial charge in [-0.1, -0.05) is 23.2 Å². The van der Waals surface area contributed by atoms with Crippen molar-refractivity contribution >= 4 is 46.4 Å². The predicted octanol–water partition coefficient (Wildman–Crippen LogP) is 2.98. The Balaban J connectivity index is 1.91. The fraction of sp³-hybridized carbons (Fsp3) is 0.308. The highest BCUT2D eigenvalue weighted by Gasteiger charge is 2.15. The molecule has 1 fully saturated rings. The largest absolute Gasteiger partial charge is 0.329 e. The maximum absolute atomic E-state index is 11.6. The van der Waals surface area contributed by atoms with Crippen molar-refractivity contribution in [3.05, 3.63) is 28.2 Å². The molecular weight excluding hydrogens is 301 g/mol. The zero-order valence-corrected chi connectivity index (χ0v) is 12.1. The molecule has 2 amide bonds. The van der Waals surface area contributed by atoms with Crippen molar-refractivity contribution in [1.82, 2.24) is 5.43 Å². The maximum Gasteiger partial charge on any atom is 0.329 e. The normalized spacial score (nSPS) is 14.0. The van der Waals surface area contributed by atoms with Crippen LogP contribution in [0, 0.1) is 0 Å². The van der Waals surface area contributed by atoms with Gasteiger partial charge in [-0.05, 0) is 43.9 Å². The molecule has 7 heteroatoms. The average Bonchev–Trinajstić information content (AvgIpc) is 2.93. The van der Waals surface area contributed by atoms with Crippen molar-refractivity contribution in [3.63, 3.8) is 0 Å². The third-order valence-electron chi connectivity index (χ3n) is 2.88. The number of nitrogens with one attached hydrogen (secondary N) is 2. The van der Waals surface area contributed by atoms with E-state index in [-0.39, 0.29) is 0 Å². The summed E-state index contributed by atoms with van der Waals surface area (Å²) in [4.78, 5) is 23.2. The molecule has 1 aliphatic carbocycles. The third kappa shape index (κ3) is 3.95. The molecule has 20 heavy (non-hydrogen) atoms. The third-order valence-corrected chi connectivity index (χ3v) is 3.62. The van der Waals surface area contributed by atoms with Gasteiger partial charge in [-0.25, -0.2) is 5.43 Å². The van der Waals surface area contributed by atoms with Gasteiger partial charge in [0.1, 0.15) is 0 Å². The first-order valence-corrected chi connectivity index (χ1v) is 6.93. The van der Waals surface area contributed by atoms with Crippen molar-refractivity contribution in [2.24, 2.45) is 5.10 Å². The van der Waals surface area contributed by atoms with Crippen molar-refractivity contribution < 1.29 is 9.59 Å². The van der Waals surface area contributed by atoms with Crippen LogP contribution < -0.4 is 10.7 Å². The summed E-state index contributed by atoms with van der Waals surface area (Å²) < 4.78 is 0. The quantitative estimate of drug-likeness (QED) is 0.651. The van der Waals surface area contributed by atoms with Crippen LogP contribution in [0.25, 0.3) is 0 Å². The Hall–Kier alpha value is -1.59. The molecule has 5 nitrogen and oxygen atoms in total. The number of carbonyl (C=O) groups excluding carboxylic acids is 2. The van der Waals surface area contributed by atoms with Crippen LogP contribution >= 0.6 is 23.2 Å². The molecule has 0 aliphatic heterocycles. The van der Waals surface area contributed by atoms with Crippen LogP contribution in [0.1, 0.15) is 25.7 Å². The topological polar surface area (TPSA) is 70.6 Å². The van der Waals surface area contributed by atoms with Crippen LogP contribution in [-0.4, -0.2) is 17.5 Å². The summed E-state index contributed by atoms with van der Waals surface area (Å²) in [5.74, 6) is -1.61. The number of hydrazone groups is 1. The number of anilines is 1. The number of benzene rings is 1. The lowest BCUT2D eigenvalue weighted by Crippen LogP contribution is -2.32. The lowest BCUT2D eigenvalue weighted by atomic mass is 10.3. The molecule has 0 saturated heterocycles. The molecule has 0 radical (unpaired) electrons. The van der Waals surface area contributed by atoms with Gasteiger partial charge in [0.2, 0.25) is 0 Å². The Kier molecular flexibility index (Phi) is 4.98. The van der Waals surface area contributed by atoms with Crippen LogP contribution in [0.2, 0.25) is 10.0 Å². The highest BCUT2D eigenvalue weighted by molar-refractivity contribution is 6.42. The predicted molar refractivity (Wildman–Crippen MR) is 79.1 cm³/mol. The number of carbonyl (C=O) groups is 2. The lowest BCUT2D eigenvalue weighted by Gasteiger charge is -2.05. The molecule has 0 unspecified atom stereocenters. The molecule has 106 valence electrons. The van der Waals surface area contributed by atoms with Gasteiger partial charge in [-0.3, -0.25) is 9.59 Å². The highest BCUT2D eigenvalue weighted by atomic mass is 35.5. The van der Waals surface area contributed by atoms with Gasteiger partial charge in [0.15, 0.2) is 0 Å². The van der Waals surface area contributed by atoms with Gasteiger partial charge in [-0.15, -0.1) is 0 Å². The smallest absolute Gasteiger partial charge is 0.318 e. The summed E-state index contributed by atoms with van der Waals surface area (Å²) in [6.45, 7) is 0. The summed E-state index contributed by atoms with van der Waals surface area (Å²) >= 11 is 11.6. The molecule has 0 atom stereocenters. The zero-order chi connectivity index (χ0) is 14.5. The van der Waals surface area contributed by atoms with Gasteiger partial charge in [-0.2, -0.15) is 5.10 Å². The van der Waals surface area contributed by atoms with E-state index >= 15 is 0 Å². The van der Waals surface area contributed by atoms with Crippen LogP contribution in [0.4, 0.5) is 5.69 Å². The fourth-order valence-corrected chi connectivity index (χ4v) is 2.14. The first kappa shape index (κ1) is 14.8. The van der Waals surface area contributed by atoms with Crippen LogP contribution in [0.15, 0.2) is 23.3 Å². The summed E-state index contributed by atoms with van der Waals surface area (Å²) in [5.41, 5.74) is 3.56. The molecule has 2 N–H and O–H groups in total. The molecule has 2 rings (SSSR count). The van der Waals surface area contributed by atoms with Gasteiger partial charge in [0.05, 0.1) is 10.0 Å². The summed E-state index contributed by atoms with van der Waals surface area (Å²) in [6.07, 6.45) is 3.89. The molecular formula is C13H13Cl2N3O2. The van der Waals surface area contributed by atoms with E-state index in [0.717, 1.165) is 31.4 Å². The van der Waals surface area contributed by atoms with Gasteiger partial charge < -0.3 is 5.32 Å². The Labute approximate surface area is 126 Å². The van der Waals surface area contributed by atoms with Crippen molar-refractivity contribution in [3.8, 4) is 0 Å². The molecule has 1 aliphatic rings. The summed E-state index contributed by atoms with van der Waals surface area (Å²) in [5, 5.41) is 7.03. The number of hydrogen-bond acceptors (Lipinski definition) is 3. The lowest BCUT2D eigenvalue weighted by molar-refractivity contribution is -0.136. The van der Waals surface area contributed by atoms with Crippen LogP contribution in [-0.2, 0) is 9.59 Å². The van der Waals surface area contributed by atoms with Gasteiger partial charge in [0.25, 0.3) is 0 Å². The molecule has 0 spiro atoms. The monoisotopic (exact) mass is 313 g/mol. The Morgan fingerprint density at radius 1 is 1.05 bits per heavy atom. The number of rotatable bonds is 2. The number of halogens is 2. The Morgan fingerprint density at radius 2 is 1.75 bits per heavy atom. The first-order chi connectivity index (χ1) is 9.56. The second kappa shape index (κ2) is 6.72. The van der Waals surface area contributed by atoms with Crippen LogP contribution in [0.3, 0.4) is 0 Å². The van der Waals surface area contributed by atoms with Crippen molar-refractivity contribution in [2.45, 2.75) is 25.7 Å². The molecule has 0 heterocycles. The van der Waals surface area contributed by atoms with E-state index in [2.05, 4.69) is 15.8 Å². The van der Waals surface area contributed by atoms with E-state index in [4.69, 9.17) is 23.2 Å². The second-order valence-electron chi connectivity index (χ2n) is 4.41. The number of amides is 2. The SMILES string of the molecule is O=C(NN=C1CCCC1)C(=O)Nc1ccc(Cl)c(Cl)c1. The first-order valence-electron chi connectivity index (χ1n) is 6.18. The molecule has 1 aromatic rings. The Morgan fingerprint density at radius 3 is 2.40 bits per heavy atom. The van der Waals surface area contributed by atoms with Gasteiger partial charge >= 0.3 is 11.8 Å². The van der Waals surface area contributed by atoms with Crippen molar-refractivity contribution in [1.29, 1.82) is 0 Å².